The van der Waals surface area contributed by atoms with Crippen LogP contribution in [0.2, 0.25) is 10.0 Å². The molecule has 4 rings (SSSR count). The van der Waals surface area contributed by atoms with Crippen LogP contribution in [-0.2, 0) is 0 Å². The third-order valence-corrected chi connectivity index (χ3v) is 6.43. The predicted molar refractivity (Wildman–Crippen MR) is 137 cm³/mol. The van der Waals surface area contributed by atoms with E-state index in [0.29, 0.717) is 10.7 Å². The molecule has 0 atom stereocenters. The minimum atomic E-state index is -2.18. The molecular formula is C24H17Cl2F5N4OS. The van der Waals surface area contributed by atoms with Gasteiger partial charge in [0.15, 0.2) is 28.4 Å². The first-order valence-electron chi connectivity index (χ1n) is 10.8. The second-order valence-electron chi connectivity index (χ2n) is 7.97. The van der Waals surface area contributed by atoms with Crippen LogP contribution in [-0.4, -0.2) is 37.2 Å². The summed E-state index contributed by atoms with van der Waals surface area (Å²) >= 11 is 17.1. The fourth-order valence-corrected chi connectivity index (χ4v) is 4.53. The van der Waals surface area contributed by atoms with E-state index in [1.54, 1.807) is 24.3 Å². The van der Waals surface area contributed by atoms with Crippen LogP contribution in [0, 0.1) is 29.1 Å². The summed E-state index contributed by atoms with van der Waals surface area (Å²) in [5.74, 6) is -10.3. The molecule has 37 heavy (non-hydrogen) atoms. The van der Waals surface area contributed by atoms with Crippen molar-refractivity contribution in [2.45, 2.75) is 0 Å². The molecule has 0 radical (unpaired) electrons. The zero-order valence-electron chi connectivity index (χ0n) is 18.7. The summed E-state index contributed by atoms with van der Waals surface area (Å²) in [5.41, 5.74) is 0.628. The van der Waals surface area contributed by atoms with E-state index in [9.17, 15) is 26.7 Å². The Hall–Kier alpha value is -3.15. The Morgan fingerprint density at radius 1 is 0.784 bits per heavy atom. The SMILES string of the molecule is O=C(NC(=S)Nc1ccc(N2CCN(c3c(F)c(F)c(F)c(F)c3F)CC2)cc1)c1ccc(Cl)cc1Cl. The number of rotatable bonds is 4. The summed E-state index contributed by atoms with van der Waals surface area (Å²) in [7, 11) is 0. The number of halogens is 7. The fraction of sp³-hybridized carbons (Fsp3) is 0.167. The number of anilines is 3. The summed E-state index contributed by atoms with van der Waals surface area (Å²) in [6.45, 7) is 0.647. The van der Waals surface area contributed by atoms with Gasteiger partial charge in [0.2, 0.25) is 5.82 Å². The molecule has 1 fully saturated rings. The first-order valence-corrected chi connectivity index (χ1v) is 11.9. The van der Waals surface area contributed by atoms with Crippen LogP contribution in [0.1, 0.15) is 10.4 Å². The van der Waals surface area contributed by atoms with E-state index in [2.05, 4.69) is 10.6 Å². The molecule has 0 spiro atoms. The maximum absolute atomic E-state index is 14.1. The summed E-state index contributed by atoms with van der Waals surface area (Å²) in [6, 6.07) is 11.4. The molecular weight excluding hydrogens is 558 g/mol. The van der Waals surface area contributed by atoms with E-state index >= 15 is 0 Å². The average Bonchev–Trinajstić information content (AvgIpc) is 2.87. The quantitative estimate of drug-likeness (QED) is 0.169. The minimum absolute atomic E-state index is 0.0418. The molecule has 0 saturated carbocycles. The van der Waals surface area contributed by atoms with Gasteiger partial charge in [-0.1, -0.05) is 23.2 Å². The lowest BCUT2D eigenvalue weighted by molar-refractivity contribution is 0.0978. The van der Waals surface area contributed by atoms with Crippen LogP contribution in [0.5, 0.6) is 0 Å². The molecule has 1 heterocycles. The lowest BCUT2D eigenvalue weighted by Crippen LogP contribution is -2.47. The molecule has 0 aliphatic carbocycles. The molecule has 0 bridgehead atoms. The Morgan fingerprint density at radius 2 is 1.32 bits per heavy atom. The summed E-state index contributed by atoms with van der Waals surface area (Å²) in [4.78, 5) is 15.4. The van der Waals surface area contributed by atoms with E-state index in [4.69, 9.17) is 35.4 Å². The molecule has 3 aromatic rings. The molecule has 0 unspecified atom stereocenters. The van der Waals surface area contributed by atoms with Crippen molar-refractivity contribution in [2.75, 3.05) is 41.3 Å². The number of nitrogens with zero attached hydrogens (tertiary/aromatic N) is 2. The van der Waals surface area contributed by atoms with Gasteiger partial charge < -0.3 is 15.1 Å². The van der Waals surface area contributed by atoms with Crippen molar-refractivity contribution in [1.82, 2.24) is 5.32 Å². The molecule has 1 aliphatic heterocycles. The predicted octanol–water partition coefficient (Wildman–Crippen LogP) is 6.14. The van der Waals surface area contributed by atoms with E-state index in [-0.39, 0.29) is 41.9 Å². The van der Waals surface area contributed by atoms with Crippen molar-refractivity contribution in [3.8, 4) is 0 Å². The summed E-state index contributed by atoms with van der Waals surface area (Å²) in [6.07, 6.45) is 0. The lowest BCUT2D eigenvalue weighted by atomic mass is 10.2. The van der Waals surface area contributed by atoms with Gasteiger partial charge in [-0.15, -0.1) is 0 Å². The molecule has 1 aliphatic rings. The van der Waals surface area contributed by atoms with Crippen molar-refractivity contribution in [3.63, 3.8) is 0 Å². The molecule has 1 saturated heterocycles. The molecule has 194 valence electrons. The summed E-state index contributed by atoms with van der Waals surface area (Å²) in [5, 5.41) is 6.01. The largest absolute Gasteiger partial charge is 0.368 e. The fourth-order valence-electron chi connectivity index (χ4n) is 3.82. The van der Waals surface area contributed by atoms with Crippen molar-refractivity contribution in [2.24, 2.45) is 0 Å². The highest BCUT2D eigenvalue weighted by Gasteiger charge is 2.30. The van der Waals surface area contributed by atoms with Crippen LogP contribution in [0.25, 0.3) is 0 Å². The number of hydrogen-bond donors (Lipinski definition) is 2. The Labute approximate surface area is 223 Å². The molecule has 2 N–H and O–H groups in total. The third kappa shape index (κ3) is 5.73. The summed E-state index contributed by atoms with van der Waals surface area (Å²) < 4.78 is 68.7. The van der Waals surface area contributed by atoms with E-state index in [1.165, 1.54) is 18.2 Å². The first-order chi connectivity index (χ1) is 17.6. The van der Waals surface area contributed by atoms with E-state index in [1.807, 2.05) is 4.90 Å². The topological polar surface area (TPSA) is 47.6 Å². The van der Waals surface area contributed by atoms with Gasteiger partial charge in [0.25, 0.3) is 5.91 Å². The normalized spacial score (nSPS) is 13.5. The number of amides is 1. The highest BCUT2D eigenvalue weighted by Crippen LogP contribution is 2.31. The zero-order chi connectivity index (χ0) is 26.9. The van der Waals surface area contributed by atoms with Gasteiger partial charge in [-0.25, -0.2) is 22.0 Å². The Balaban J connectivity index is 1.35. The minimum Gasteiger partial charge on any atom is -0.368 e. The Morgan fingerprint density at radius 3 is 1.89 bits per heavy atom. The van der Waals surface area contributed by atoms with Crippen LogP contribution in [0.4, 0.5) is 39.0 Å². The number of carbonyl (C=O) groups is 1. The second-order valence-corrected chi connectivity index (χ2v) is 9.22. The van der Waals surface area contributed by atoms with Crippen LogP contribution < -0.4 is 20.4 Å². The zero-order valence-corrected chi connectivity index (χ0v) is 21.1. The molecule has 13 heteroatoms. The first kappa shape index (κ1) is 26.9. The van der Waals surface area contributed by atoms with Gasteiger partial charge in [-0.05, 0) is 54.7 Å². The van der Waals surface area contributed by atoms with Gasteiger partial charge in [0.05, 0.1) is 10.6 Å². The standard InChI is InChI=1S/C24H17Cl2F5N4OS/c25-12-1-6-15(16(26)11-12)23(36)33-24(37)32-13-2-4-14(5-3-13)34-7-9-35(10-8-34)22-20(30)18(28)17(27)19(29)21(22)31/h1-6,11H,7-10H2,(H2,32,33,36,37). The number of hydrogen-bond acceptors (Lipinski definition) is 4. The van der Waals surface area contributed by atoms with Crippen LogP contribution in [0.15, 0.2) is 42.5 Å². The number of nitrogens with one attached hydrogen (secondary N) is 2. The van der Waals surface area contributed by atoms with Gasteiger partial charge >= 0.3 is 0 Å². The van der Waals surface area contributed by atoms with E-state index in [0.717, 1.165) is 10.6 Å². The smallest absolute Gasteiger partial charge is 0.258 e. The average molecular weight is 575 g/mol. The van der Waals surface area contributed by atoms with Crippen molar-refractivity contribution in [3.05, 3.63) is 87.2 Å². The Bertz CT molecular complexity index is 1340. The van der Waals surface area contributed by atoms with Gasteiger partial charge in [0, 0.05) is 42.6 Å². The maximum Gasteiger partial charge on any atom is 0.258 e. The van der Waals surface area contributed by atoms with Crippen molar-refractivity contribution >= 4 is 63.5 Å². The number of thiocarbonyl (C=S) groups is 1. The van der Waals surface area contributed by atoms with Gasteiger partial charge in [0.1, 0.15) is 5.69 Å². The number of piperazine rings is 1. The third-order valence-electron chi connectivity index (χ3n) is 5.68. The molecule has 3 aromatic carbocycles. The highest BCUT2D eigenvalue weighted by molar-refractivity contribution is 7.80. The van der Waals surface area contributed by atoms with Crippen LogP contribution >= 0.6 is 35.4 Å². The monoisotopic (exact) mass is 574 g/mol. The Kier molecular flexibility index (Phi) is 8.05. The van der Waals surface area contributed by atoms with Crippen LogP contribution in [0.3, 0.4) is 0 Å². The van der Waals surface area contributed by atoms with E-state index < -0.39 is 40.7 Å². The highest BCUT2D eigenvalue weighted by atomic mass is 35.5. The van der Waals surface area contributed by atoms with Gasteiger partial charge in [-0.3, -0.25) is 10.1 Å². The molecule has 1 amide bonds. The van der Waals surface area contributed by atoms with Crippen molar-refractivity contribution < 1.29 is 26.7 Å². The molecule has 5 nitrogen and oxygen atoms in total. The van der Waals surface area contributed by atoms with Crippen molar-refractivity contribution in [1.29, 1.82) is 0 Å². The maximum atomic E-state index is 14.1. The second kappa shape index (κ2) is 11.1. The number of benzene rings is 3. The molecule has 0 aromatic heterocycles. The number of carbonyl (C=O) groups excluding carboxylic acids is 1. The lowest BCUT2D eigenvalue weighted by Gasteiger charge is -2.37. The van der Waals surface area contributed by atoms with Gasteiger partial charge in [-0.2, -0.15) is 0 Å².